The fourth-order valence-corrected chi connectivity index (χ4v) is 2.80. The van der Waals surface area contributed by atoms with E-state index in [-0.39, 0.29) is 17.0 Å². The first kappa shape index (κ1) is 17.7. The van der Waals surface area contributed by atoms with Crippen LogP contribution in [0.4, 0.5) is 20.3 Å². The van der Waals surface area contributed by atoms with Crippen molar-refractivity contribution in [3.8, 4) is 22.8 Å². The van der Waals surface area contributed by atoms with Gasteiger partial charge in [-0.05, 0) is 24.3 Å². The minimum Gasteiger partial charge on any atom is -0.497 e. The van der Waals surface area contributed by atoms with Crippen LogP contribution < -0.4 is 14.8 Å². The van der Waals surface area contributed by atoms with Gasteiger partial charge < -0.3 is 19.3 Å². The lowest BCUT2D eigenvalue weighted by molar-refractivity contribution is 0.395. The zero-order valence-corrected chi connectivity index (χ0v) is 14.9. The summed E-state index contributed by atoms with van der Waals surface area (Å²) in [4.78, 5) is 8.25. The van der Waals surface area contributed by atoms with E-state index < -0.39 is 11.6 Å². The molecule has 0 spiro atoms. The molecule has 28 heavy (non-hydrogen) atoms. The maximum Gasteiger partial charge on any atom is 0.263 e. The summed E-state index contributed by atoms with van der Waals surface area (Å²) in [6.07, 6.45) is 1.29. The summed E-state index contributed by atoms with van der Waals surface area (Å²) in [5.74, 6) is 0.0232. The number of rotatable bonds is 5. The number of ether oxygens (including phenoxy) is 2. The Bertz CT molecular complexity index is 1140. The summed E-state index contributed by atoms with van der Waals surface area (Å²) < 4.78 is 43.1. The van der Waals surface area contributed by atoms with Gasteiger partial charge in [0.05, 0.1) is 19.9 Å². The molecule has 142 valence electrons. The molecule has 0 unspecified atom stereocenters. The summed E-state index contributed by atoms with van der Waals surface area (Å²) in [5, 5.41) is 7.42. The summed E-state index contributed by atoms with van der Waals surface area (Å²) in [6, 6.07) is 8.30. The molecular weight excluding hydrogens is 370 g/mol. The lowest BCUT2D eigenvalue weighted by Gasteiger charge is -2.12. The average Bonchev–Trinajstić information content (AvgIpc) is 3.13. The molecule has 0 aliphatic rings. The lowest BCUT2D eigenvalue weighted by Crippen LogP contribution is -1.99. The monoisotopic (exact) mass is 384 g/mol. The molecule has 0 fully saturated rings. The zero-order valence-electron chi connectivity index (χ0n) is 14.9. The molecule has 0 radical (unpaired) electrons. The van der Waals surface area contributed by atoms with E-state index in [4.69, 9.17) is 14.0 Å². The highest BCUT2D eigenvalue weighted by Gasteiger charge is 2.19. The minimum atomic E-state index is -0.727. The topological polar surface area (TPSA) is 82.3 Å². The largest absolute Gasteiger partial charge is 0.497 e. The SMILES string of the molecule is COc1ccc(Nc2ncnc3onc(-c4cc(F)cc(F)c4)c23)c(OC)c1. The van der Waals surface area contributed by atoms with Crippen LogP contribution in [0.1, 0.15) is 0 Å². The molecule has 0 aliphatic carbocycles. The lowest BCUT2D eigenvalue weighted by atomic mass is 10.1. The second kappa shape index (κ2) is 7.10. The van der Waals surface area contributed by atoms with Crippen molar-refractivity contribution < 1.29 is 22.8 Å². The molecule has 0 atom stereocenters. The normalized spacial score (nSPS) is 10.9. The molecule has 4 rings (SSSR count). The van der Waals surface area contributed by atoms with Crippen molar-refractivity contribution in [2.45, 2.75) is 0 Å². The third-order valence-corrected chi connectivity index (χ3v) is 4.07. The highest BCUT2D eigenvalue weighted by atomic mass is 19.1. The Morgan fingerprint density at radius 1 is 0.964 bits per heavy atom. The highest BCUT2D eigenvalue weighted by Crippen LogP contribution is 2.36. The summed E-state index contributed by atoms with van der Waals surface area (Å²) in [5.41, 5.74) is 1.19. The Labute approximate surface area is 157 Å². The number of nitrogens with zero attached hydrogens (tertiary/aromatic N) is 3. The molecule has 0 aliphatic heterocycles. The number of aromatic nitrogens is 3. The Morgan fingerprint density at radius 2 is 1.75 bits per heavy atom. The van der Waals surface area contributed by atoms with Crippen molar-refractivity contribution in [2.75, 3.05) is 19.5 Å². The van der Waals surface area contributed by atoms with Gasteiger partial charge >= 0.3 is 0 Å². The number of benzene rings is 2. The first-order valence-corrected chi connectivity index (χ1v) is 8.15. The average molecular weight is 384 g/mol. The van der Waals surface area contributed by atoms with Crippen LogP contribution in [0.25, 0.3) is 22.4 Å². The molecule has 0 amide bonds. The first-order chi connectivity index (χ1) is 13.6. The van der Waals surface area contributed by atoms with Crippen LogP contribution in [0.3, 0.4) is 0 Å². The van der Waals surface area contributed by atoms with Crippen LogP contribution in [0, 0.1) is 11.6 Å². The van der Waals surface area contributed by atoms with Gasteiger partial charge in [-0.25, -0.2) is 13.8 Å². The van der Waals surface area contributed by atoms with Crippen molar-refractivity contribution in [1.29, 1.82) is 0 Å². The minimum absolute atomic E-state index is 0.171. The van der Waals surface area contributed by atoms with Crippen molar-refractivity contribution >= 4 is 22.6 Å². The van der Waals surface area contributed by atoms with E-state index in [9.17, 15) is 8.78 Å². The second-order valence-corrected chi connectivity index (χ2v) is 5.78. The van der Waals surface area contributed by atoms with Gasteiger partial charge in [0, 0.05) is 17.7 Å². The van der Waals surface area contributed by atoms with E-state index in [1.807, 2.05) is 0 Å². The molecule has 4 aromatic rings. The second-order valence-electron chi connectivity index (χ2n) is 5.78. The van der Waals surface area contributed by atoms with Gasteiger partial charge in [0.2, 0.25) is 0 Å². The van der Waals surface area contributed by atoms with Crippen molar-refractivity contribution in [3.63, 3.8) is 0 Å². The number of hydrogen-bond donors (Lipinski definition) is 1. The Kier molecular flexibility index (Phi) is 4.48. The van der Waals surface area contributed by atoms with Gasteiger partial charge in [-0.2, -0.15) is 4.98 Å². The third-order valence-electron chi connectivity index (χ3n) is 4.07. The molecule has 2 aromatic carbocycles. The summed E-state index contributed by atoms with van der Waals surface area (Å²) >= 11 is 0. The molecule has 2 heterocycles. The van der Waals surface area contributed by atoms with Gasteiger partial charge in [0.1, 0.15) is 46.4 Å². The number of methoxy groups -OCH3 is 2. The van der Waals surface area contributed by atoms with E-state index >= 15 is 0 Å². The maximum absolute atomic E-state index is 13.7. The third kappa shape index (κ3) is 3.18. The van der Waals surface area contributed by atoms with Gasteiger partial charge in [0.15, 0.2) is 0 Å². The smallest absolute Gasteiger partial charge is 0.263 e. The van der Waals surface area contributed by atoms with E-state index in [2.05, 4.69) is 20.4 Å². The molecule has 0 saturated heterocycles. The summed E-state index contributed by atoms with van der Waals surface area (Å²) in [6.45, 7) is 0. The van der Waals surface area contributed by atoms with E-state index in [1.165, 1.54) is 13.4 Å². The Hall–Kier alpha value is -3.75. The van der Waals surface area contributed by atoms with E-state index in [0.29, 0.717) is 28.4 Å². The van der Waals surface area contributed by atoms with Crippen LogP contribution >= 0.6 is 0 Å². The van der Waals surface area contributed by atoms with Gasteiger partial charge in [-0.3, -0.25) is 0 Å². The van der Waals surface area contributed by atoms with E-state index in [1.54, 1.807) is 25.3 Å². The number of anilines is 2. The molecule has 2 aromatic heterocycles. The van der Waals surface area contributed by atoms with E-state index in [0.717, 1.165) is 18.2 Å². The number of hydrogen-bond acceptors (Lipinski definition) is 7. The van der Waals surface area contributed by atoms with Crippen molar-refractivity contribution in [3.05, 3.63) is 54.4 Å². The molecule has 0 bridgehead atoms. The van der Waals surface area contributed by atoms with Crippen molar-refractivity contribution in [1.82, 2.24) is 15.1 Å². The number of fused-ring (bicyclic) bond motifs is 1. The van der Waals surface area contributed by atoms with Gasteiger partial charge in [0.25, 0.3) is 5.71 Å². The van der Waals surface area contributed by atoms with Gasteiger partial charge in [-0.15, -0.1) is 0 Å². The Morgan fingerprint density at radius 3 is 2.46 bits per heavy atom. The van der Waals surface area contributed by atoms with Crippen molar-refractivity contribution in [2.24, 2.45) is 0 Å². The fraction of sp³-hybridized carbons (Fsp3) is 0.105. The Balaban J connectivity index is 1.84. The predicted octanol–water partition coefficient (Wildman–Crippen LogP) is 4.32. The van der Waals surface area contributed by atoms with Crippen LogP contribution in [0.5, 0.6) is 11.5 Å². The molecule has 1 N–H and O–H groups in total. The van der Waals surface area contributed by atoms with Crippen LogP contribution in [-0.2, 0) is 0 Å². The zero-order chi connectivity index (χ0) is 19.7. The molecular formula is C19H14F2N4O3. The first-order valence-electron chi connectivity index (χ1n) is 8.15. The predicted molar refractivity (Wildman–Crippen MR) is 97.8 cm³/mol. The van der Waals surface area contributed by atoms with Crippen LogP contribution in [0.15, 0.2) is 47.2 Å². The highest BCUT2D eigenvalue weighted by molar-refractivity contribution is 5.98. The number of halogens is 2. The van der Waals surface area contributed by atoms with Crippen LogP contribution in [0.2, 0.25) is 0 Å². The quantitative estimate of drug-likeness (QED) is 0.549. The molecule has 7 nitrogen and oxygen atoms in total. The summed E-state index contributed by atoms with van der Waals surface area (Å²) in [7, 11) is 3.08. The van der Waals surface area contributed by atoms with Crippen LogP contribution in [-0.4, -0.2) is 29.3 Å². The standard InChI is InChI=1S/C19H14F2N4O3/c1-26-13-3-4-14(15(8-13)27-2)24-18-16-17(25-28-19(16)23-9-22-18)10-5-11(20)7-12(21)6-10/h3-9H,1-2H3,(H,22,23,24). The fourth-order valence-electron chi connectivity index (χ4n) is 2.80. The van der Waals surface area contributed by atoms with Gasteiger partial charge in [-0.1, -0.05) is 5.16 Å². The molecule has 9 heteroatoms. The molecule has 0 saturated carbocycles. The maximum atomic E-state index is 13.7. The number of nitrogens with one attached hydrogen (secondary N) is 1.